The Morgan fingerprint density at radius 3 is 2.57 bits per heavy atom. The molecule has 1 amide bonds. The predicted molar refractivity (Wildman–Crippen MR) is 129 cm³/mol. The average molecular weight is 479 g/mol. The first kappa shape index (κ1) is 20.5. The highest BCUT2D eigenvalue weighted by atomic mass is 79.9. The molecule has 1 aromatic heterocycles. The molecule has 0 aliphatic carbocycles. The lowest BCUT2D eigenvalue weighted by Crippen LogP contribution is -2.16. The summed E-state index contributed by atoms with van der Waals surface area (Å²) < 4.78 is 0.867. The van der Waals surface area contributed by atoms with E-state index in [-0.39, 0.29) is 11.7 Å². The number of aliphatic imine (C=N–C) groups is 2. The number of nitrogens with zero attached hydrogens (tertiary/aromatic N) is 3. The van der Waals surface area contributed by atoms with Crippen molar-refractivity contribution in [1.29, 1.82) is 0 Å². The molecule has 2 heterocycles. The SMILES string of the molecule is Cc1ccc(NC(=O)CSC2=Nc3ccccc3N=C(c3ccccn3)C2)c(Br)c1. The zero-order valence-electron chi connectivity index (χ0n) is 16.3. The summed E-state index contributed by atoms with van der Waals surface area (Å²) in [6.45, 7) is 2.01. The minimum absolute atomic E-state index is 0.0823. The van der Waals surface area contributed by atoms with Gasteiger partial charge in [0.05, 0.1) is 39.3 Å². The van der Waals surface area contributed by atoms with Crippen LogP contribution in [0.2, 0.25) is 0 Å². The second-order valence-electron chi connectivity index (χ2n) is 6.76. The van der Waals surface area contributed by atoms with E-state index in [4.69, 9.17) is 9.98 Å². The molecule has 0 atom stereocenters. The van der Waals surface area contributed by atoms with E-state index in [1.54, 1.807) is 6.20 Å². The number of fused-ring (bicyclic) bond motifs is 1. The van der Waals surface area contributed by atoms with Crippen molar-refractivity contribution in [2.45, 2.75) is 13.3 Å². The topological polar surface area (TPSA) is 66.7 Å². The Labute approximate surface area is 187 Å². The molecule has 0 bridgehead atoms. The summed E-state index contributed by atoms with van der Waals surface area (Å²) in [5.74, 6) is 0.178. The summed E-state index contributed by atoms with van der Waals surface area (Å²) in [7, 11) is 0. The van der Waals surface area contributed by atoms with Crippen molar-refractivity contribution < 1.29 is 4.79 Å². The van der Waals surface area contributed by atoms with Gasteiger partial charge < -0.3 is 5.32 Å². The van der Waals surface area contributed by atoms with E-state index in [9.17, 15) is 4.79 Å². The first-order chi connectivity index (χ1) is 14.6. The van der Waals surface area contributed by atoms with E-state index in [0.29, 0.717) is 6.42 Å². The third-order valence-corrected chi connectivity index (χ3v) is 6.06. The molecule has 1 N–H and O–H groups in total. The van der Waals surface area contributed by atoms with Crippen molar-refractivity contribution in [3.8, 4) is 0 Å². The maximum Gasteiger partial charge on any atom is 0.234 e. The van der Waals surface area contributed by atoms with Crippen LogP contribution in [0.3, 0.4) is 0 Å². The van der Waals surface area contributed by atoms with Gasteiger partial charge in [-0.3, -0.25) is 9.78 Å². The fraction of sp³-hybridized carbons (Fsp3) is 0.130. The molecule has 0 radical (unpaired) electrons. The van der Waals surface area contributed by atoms with Crippen molar-refractivity contribution in [3.63, 3.8) is 0 Å². The van der Waals surface area contributed by atoms with Crippen LogP contribution in [-0.2, 0) is 4.79 Å². The Morgan fingerprint density at radius 2 is 1.83 bits per heavy atom. The van der Waals surface area contributed by atoms with Gasteiger partial charge in [0.2, 0.25) is 5.91 Å². The van der Waals surface area contributed by atoms with Crippen molar-refractivity contribution in [3.05, 3.63) is 82.6 Å². The van der Waals surface area contributed by atoms with Gasteiger partial charge in [-0.1, -0.05) is 24.3 Å². The number of carbonyl (C=O) groups is 1. The van der Waals surface area contributed by atoms with Gasteiger partial charge in [-0.25, -0.2) is 9.98 Å². The number of carbonyl (C=O) groups excluding carboxylic acids is 1. The van der Waals surface area contributed by atoms with Crippen LogP contribution < -0.4 is 5.32 Å². The van der Waals surface area contributed by atoms with E-state index < -0.39 is 0 Å². The van der Waals surface area contributed by atoms with E-state index in [1.807, 2.05) is 67.6 Å². The van der Waals surface area contributed by atoms with Gasteiger partial charge in [-0.15, -0.1) is 11.8 Å². The summed E-state index contributed by atoms with van der Waals surface area (Å²) in [6.07, 6.45) is 2.28. The normalized spacial score (nSPS) is 13.0. The van der Waals surface area contributed by atoms with Gasteiger partial charge in [-0.2, -0.15) is 0 Å². The van der Waals surface area contributed by atoms with Crippen LogP contribution in [0, 0.1) is 6.92 Å². The number of aryl methyl sites for hydroxylation is 1. The van der Waals surface area contributed by atoms with Crippen LogP contribution >= 0.6 is 27.7 Å². The molecular weight excluding hydrogens is 460 g/mol. The van der Waals surface area contributed by atoms with Crippen molar-refractivity contribution in [2.75, 3.05) is 11.1 Å². The summed E-state index contributed by atoms with van der Waals surface area (Å²) >= 11 is 4.92. The molecule has 0 saturated heterocycles. The van der Waals surface area contributed by atoms with Crippen LogP contribution in [0.1, 0.15) is 17.7 Å². The number of aromatic nitrogens is 1. The Balaban J connectivity index is 1.51. The maximum absolute atomic E-state index is 12.5. The molecule has 3 aromatic rings. The lowest BCUT2D eigenvalue weighted by Gasteiger charge is -2.09. The molecule has 150 valence electrons. The fourth-order valence-electron chi connectivity index (χ4n) is 2.98. The number of hydrogen-bond donors (Lipinski definition) is 1. The van der Waals surface area contributed by atoms with Crippen molar-refractivity contribution in [1.82, 2.24) is 4.98 Å². The number of halogens is 1. The van der Waals surface area contributed by atoms with Crippen molar-refractivity contribution in [2.24, 2.45) is 9.98 Å². The predicted octanol–water partition coefficient (Wildman–Crippen LogP) is 6.08. The molecule has 7 heteroatoms. The van der Waals surface area contributed by atoms with E-state index in [0.717, 1.165) is 43.5 Å². The van der Waals surface area contributed by atoms with E-state index >= 15 is 0 Å². The van der Waals surface area contributed by atoms with Gasteiger partial charge in [0, 0.05) is 17.1 Å². The molecule has 4 rings (SSSR count). The van der Waals surface area contributed by atoms with Gasteiger partial charge in [-0.05, 0) is 64.8 Å². The number of nitrogens with one attached hydrogen (secondary N) is 1. The van der Waals surface area contributed by atoms with Crippen LogP contribution in [0.4, 0.5) is 17.1 Å². The molecule has 0 saturated carbocycles. The first-order valence-electron chi connectivity index (χ1n) is 9.43. The summed E-state index contributed by atoms with van der Waals surface area (Å²) in [6, 6.07) is 19.4. The largest absolute Gasteiger partial charge is 0.324 e. The molecule has 0 spiro atoms. The molecule has 5 nitrogen and oxygen atoms in total. The van der Waals surface area contributed by atoms with Gasteiger partial charge in [0.1, 0.15) is 0 Å². The van der Waals surface area contributed by atoms with E-state index in [2.05, 4.69) is 26.2 Å². The molecule has 2 aromatic carbocycles. The number of para-hydroxylation sites is 2. The Hall–Kier alpha value is -2.77. The minimum atomic E-state index is -0.0823. The van der Waals surface area contributed by atoms with Crippen LogP contribution in [0.5, 0.6) is 0 Å². The Kier molecular flexibility index (Phi) is 6.40. The summed E-state index contributed by atoms with van der Waals surface area (Å²) in [4.78, 5) is 26.5. The summed E-state index contributed by atoms with van der Waals surface area (Å²) in [5, 5.41) is 3.79. The fourth-order valence-corrected chi connectivity index (χ4v) is 4.34. The molecule has 1 aliphatic rings. The van der Waals surface area contributed by atoms with Gasteiger partial charge in [0.15, 0.2) is 0 Å². The second-order valence-corrected chi connectivity index (χ2v) is 8.67. The van der Waals surface area contributed by atoms with Gasteiger partial charge in [0.25, 0.3) is 0 Å². The molecule has 30 heavy (non-hydrogen) atoms. The number of hydrogen-bond acceptors (Lipinski definition) is 5. The molecular formula is C23H19BrN4OS. The standard InChI is InChI=1S/C23H19BrN4OS/c1-15-9-10-17(16(24)12-15)27-22(29)14-30-23-13-21(18-6-4-5-11-25-18)26-19-7-2-3-8-20(19)28-23/h2-12H,13-14H2,1H3,(H,27,29). The third kappa shape index (κ3) is 5.04. The Bertz CT molecular complexity index is 1140. The number of thioether (sulfide) groups is 1. The lowest BCUT2D eigenvalue weighted by molar-refractivity contribution is -0.113. The Morgan fingerprint density at radius 1 is 1.07 bits per heavy atom. The van der Waals surface area contributed by atoms with Crippen LogP contribution in [0.25, 0.3) is 0 Å². The van der Waals surface area contributed by atoms with Crippen LogP contribution in [-0.4, -0.2) is 27.4 Å². The smallest absolute Gasteiger partial charge is 0.234 e. The van der Waals surface area contributed by atoms with Gasteiger partial charge >= 0.3 is 0 Å². The molecule has 0 fully saturated rings. The molecule has 0 unspecified atom stereocenters. The first-order valence-corrected chi connectivity index (χ1v) is 11.2. The number of amides is 1. The number of benzene rings is 2. The number of anilines is 1. The van der Waals surface area contributed by atoms with E-state index in [1.165, 1.54) is 11.8 Å². The zero-order chi connectivity index (χ0) is 20.9. The lowest BCUT2D eigenvalue weighted by atomic mass is 10.2. The van der Waals surface area contributed by atoms with Crippen LogP contribution in [0.15, 0.2) is 81.3 Å². The second kappa shape index (κ2) is 9.36. The highest BCUT2D eigenvalue weighted by molar-refractivity contribution is 9.10. The zero-order valence-corrected chi connectivity index (χ0v) is 18.7. The molecule has 1 aliphatic heterocycles. The number of rotatable bonds is 4. The highest BCUT2D eigenvalue weighted by Crippen LogP contribution is 2.33. The van der Waals surface area contributed by atoms with Crippen molar-refractivity contribution >= 4 is 61.4 Å². The monoisotopic (exact) mass is 478 g/mol. The highest BCUT2D eigenvalue weighted by Gasteiger charge is 2.17. The maximum atomic E-state index is 12.5. The minimum Gasteiger partial charge on any atom is -0.324 e. The number of pyridine rings is 1. The third-order valence-electron chi connectivity index (χ3n) is 4.43. The quantitative estimate of drug-likeness (QED) is 0.493. The summed E-state index contributed by atoms with van der Waals surface area (Å²) in [5.41, 5.74) is 5.15. The average Bonchev–Trinajstić information content (AvgIpc) is 2.94.